The number of hydrogen-bond acceptors (Lipinski definition) is 4. The van der Waals surface area contributed by atoms with Crippen LogP contribution in [0.15, 0.2) is 48.5 Å². The Morgan fingerprint density at radius 3 is 2.79 bits per heavy atom. The van der Waals surface area contributed by atoms with E-state index >= 15 is 0 Å². The van der Waals surface area contributed by atoms with Gasteiger partial charge >= 0.3 is 0 Å². The number of benzene rings is 2. The molecule has 1 amide bonds. The summed E-state index contributed by atoms with van der Waals surface area (Å²) < 4.78 is 11.3. The fourth-order valence-corrected chi connectivity index (χ4v) is 3.71. The number of carbonyl (C=O) groups excluding carboxylic acids is 1. The molecule has 0 bridgehead atoms. The normalized spacial score (nSPS) is 17.1. The first-order valence-electron chi connectivity index (χ1n) is 9.85. The summed E-state index contributed by atoms with van der Waals surface area (Å²) in [5, 5.41) is 3.80. The maximum Gasteiger partial charge on any atom is 0.257 e. The van der Waals surface area contributed by atoms with Gasteiger partial charge in [0, 0.05) is 24.7 Å². The third-order valence-corrected chi connectivity index (χ3v) is 5.33. The second kappa shape index (κ2) is 11.4. The molecule has 2 aromatic carbocycles. The van der Waals surface area contributed by atoms with Crippen LogP contribution in [0.3, 0.4) is 0 Å². The SMILES string of the molecule is O=C(COc1ccc(Cl)cc1Cl)NCCCCN1CCOC(c2ccccc2)C1. The van der Waals surface area contributed by atoms with Crippen LogP contribution in [-0.2, 0) is 9.53 Å². The molecule has 156 valence electrons. The van der Waals surface area contributed by atoms with Crippen LogP contribution in [0.2, 0.25) is 10.0 Å². The zero-order valence-corrected chi connectivity index (χ0v) is 17.8. The second-order valence-electron chi connectivity index (χ2n) is 6.99. The maximum absolute atomic E-state index is 11.9. The molecule has 0 radical (unpaired) electrons. The van der Waals surface area contributed by atoms with Gasteiger partial charge in [0.1, 0.15) is 5.75 Å². The number of carbonyl (C=O) groups is 1. The van der Waals surface area contributed by atoms with Crippen LogP contribution in [-0.4, -0.2) is 50.2 Å². The van der Waals surface area contributed by atoms with E-state index in [0.29, 0.717) is 22.3 Å². The molecule has 1 heterocycles. The molecule has 0 spiro atoms. The van der Waals surface area contributed by atoms with E-state index in [0.717, 1.165) is 39.1 Å². The van der Waals surface area contributed by atoms with Crippen LogP contribution in [0.1, 0.15) is 24.5 Å². The number of unbranched alkanes of at least 4 members (excludes halogenated alkanes) is 1. The number of nitrogens with one attached hydrogen (secondary N) is 1. The van der Waals surface area contributed by atoms with Crippen LogP contribution >= 0.6 is 23.2 Å². The molecule has 1 fully saturated rings. The summed E-state index contributed by atoms with van der Waals surface area (Å²) in [5.41, 5.74) is 1.23. The molecule has 1 atom stereocenters. The van der Waals surface area contributed by atoms with Crippen LogP contribution < -0.4 is 10.1 Å². The van der Waals surface area contributed by atoms with Crippen molar-refractivity contribution < 1.29 is 14.3 Å². The Kier molecular flexibility index (Phi) is 8.62. The predicted molar refractivity (Wildman–Crippen MR) is 116 cm³/mol. The van der Waals surface area contributed by atoms with Crippen molar-refractivity contribution >= 4 is 29.1 Å². The molecule has 0 saturated carbocycles. The first-order chi connectivity index (χ1) is 14.1. The topological polar surface area (TPSA) is 50.8 Å². The highest BCUT2D eigenvalue weighted by Gasteiger charge is 2.21. The van der Waals surface area contributed by atoms with Gasteiger partial charge in [0.25, 0.3) is 5.91 Å². The molecule has 1 N–H and O–H groups in total. The molecule has 0 aliphatic carbocycles. The van der Waals surface area contributed by atoms with Crippen molar-refractivity contribution in [1.29, 1.82) is 0 Å². The Balaban J connectivity index is 1.29. The van der Waals surface area contributed by atoms with Crippen molar-refractivity contribution in [1.82, 2.24) is 10.2 Å². The third-order valence-electron chi connectivity index (χ3n) is 4.80. The first-order valence-corrected chi connectivity index (χ1v) is 10.6. The molecule has 0 aromatic heterocycles. The Hall–Kier alpha value is -1.79. The number of ether oxygens (including phenoxy) is 2. The maximum atomic E-state index is 11.9. The van der Waals surface area contributed by atoms with Gasteiger partial charge in [0.05, 0.1) is 17.7 Å². The summed E-state index contributed by atoms with van der Waals surface area (Å²) in [6.45, 7) is 4.17. The van der Waals surface area contributed by atoms with Gasteiger partial charge in [-0.2, -0.15) is 0 Å². The molecular formula is C22H26Cl2N2O3. The summed E-state index contributed by atoms with van der Waals surface area (Å²) in [5.74, 6) is 0.290. The van der Waals surface area contributed by atoms with Gasteiger partial charge in [-0.25, -0.2) is 0 Å². The van der Waals surface area contributed by atoms with Crippen molar-refractivity contribution in [3.63, 3.8) is 0 Å². The fourth-order valence-electron chi connectivity index (χ4n) is 3.25. The van der Waals surface area contributed by atoms with Crippen molar-refractivity contribution in [2.24, 2.45) is 0 Å². The van der Waals surface area contributed by atoms with Crippen LogP contribution in [0.5, 0.6) is 5.75 Å². The lowest BCUT2D eigenvalue weighted by Gasteiger charge is -2.33. The highest BCUT2D eigenvalue weighted by Crippen LogP contribution is 2.27. The minimum atomic E-state index is -0.161. The van der Waals surface area contributed by atoms with E-state index < -0.39 is 0 Å². The summed E-state index contributed by atoms with van der Waals surface area (Å²) in [6.07, 6.45) is 2.08. The van der Waals surface area contributed by atoms with E-state index in [4.69, 9.17) is 32.7 Å². The van der Waals surface area contributed by atoms with Gasteiger partial charge in [0.15, 0.2) is 6.61 Å². The van der Waals surface area contributed by atoms with Gasteiger partial charge < -0.3 is 14.8 Å². The van der Waals surface area contributed by atoms with Crippen LogP contribution in [0, 0.1) is 0 Å². The van der Waals surface area contributed by atoms with Crippen LogP contribution in [0.4, 0.5) is 0 Å². The molecule has 1 aliphatic rings. The summed E-state index contributed by atoms with van der Waals surface area (Å²) in [4.78, 5) is 14.4. The Morgan fingerprint density at radius 2 is 2.00 bits per heavy atom. The molecule has 5 nitrogen and oxygen atoms in total. The second-order valence-corrected chi connectivity index (χ2v) is 7.83. The average molecular weight is 437 g/mol. The van der Waals surface area contributed by atoms with E-state index in [1.807, 2.05) is 18.2 Å². The van der Waals surface area contributed by atoms with Gasteiger partial charge in [-0.3, -0.25) is 9.69 Å². The van der Waals surface area contributed by atoms with Gasteiger partial charge in [-0.1, -0.05) is 53.5 Å². The number of rotatable bonds is 9. The van der Waals surface area contributed by atoms with Crippen molar-refractivity contribution in [2.75, 3.05) is 39.4 Å². The molecule has 2 aromatic rings. The van der Waals surface area contributed by atoms with Crippen molar-refractivity contribution in [3.8, 4) is 5.75 Å². The number of morpholine rings is 1. The standard InChI is InChI=1S/C22H26Cl2N2O3/c23-18-8-9-20(19(24)14-18)29-16-22(27)25-10-4-5-11-26-12-13-28-21(15-26)17-6-2-1-3-7-17/h1-3,6-9,14,21H,4-5,10-13,15-16H2,(H,25,27). The largest absolute Gasteiger partial charge is 0.482 e. The van der Waals surface area contributed by atoms with E-state index in [-0.39, 0.29) is 18.6 Å². The Bertz CT molecular complexity index is 789. The summed E-state index contributed by atoms with van der Waals surface area (Å²) >= 11 is 11.9. The lowest BCUT2D eigenvalue weighted by atomic mass is 10.1. The third kappa shape index (κ3) is 7.19. The van der Waals surface area contributed by atoms with E-state index in [9.17, 15) is 4.79 Å². The molecular weight excluding hydrogens is 411 g/mol. The first kappa shape index (κ1) is 21.9. The lowest BCUT2D eigenvalue weighted by Crippen LogP contribution is -2.39. The zero-order valence-electron chi connectivity index (χ0n) is 16.3. The van der Waals surface area contributed by atoms with Crippen molar-refractivity contribution in [3.05, 3.63) is 64.1 Å². The van der Waals surface area contributed by atoms with E-state index in [1.54, 1.807) is 18.2 Å². The molecule has 3 rings (SSSR count). The number of halogens is 2. The van der Waals surface area contributed by atoms with E-state index in [2.05, 4.69) is 22.3 Å². The minimum absolute atomic E-state index is 0.0659. The Morgan fingerprint density at radius 1 is 1.17 bits per heavy atom. The van der Waals surface area contributed by atoms with E-state index in [1.165, 1.54) is 5.56 Å². The number of amides is 1. The molecule has 1 aliphatic heterocycles. The smallest absolute Gasteiger partial charge is 0.257 e. The number of nitrogens with zero attached hydrogens (tertiary/aromatic N) is 1. The zero-order chi connectivity index (χ0) is 20.5. The Labute approximate surface area is 181 Å². The highest BCUT2D eigenvalue weighted by atomic mass is 35.5. The van der Waals surface area contributed by atoms with Crippen LogP contribution in [0.25, 0.3) is 0 Å². The highest BCUT2D eigenvalue weighted by molar-refractivity contribution is 6.35. The lowest BCUT2D eigenvalue weighted by molar-refractivity contribution is -0.123. The monoisotopic (exact) mass is 436 g/mol. The number of hydrogen-bond donors (Lipinski definition) is 1. The molecule has 1 saturated heterocycles. The molecule has 29 heavy (non-hydrogen) atoms. The summed E-state index contributed by atoms with van der Waals surface area (Å²) in [6, 6.07) is 15.3. The van der Waals surface area contributed by atoms with Crippen molar-refractivity contribution in [2.45, 2.75) is 18.9 Å². The fraction of sp³-hybridized carbons (Fsp3) is 0.409. The minimum Gasteiger partial charge on any atom is -0.482 e. The molecule has 1 unspecified atom stereocenters. The summed E-state index contributed by atoms with van der Waals surface area (Å²) in [7, 11) is 0. The quantitative estimate of drug-likeness (QED) is 0.593. The predicted octanol–water partition coefficient (Wildman–Crippen LogP) is 4.34. The average Bonchev–Trinajstić information content (AvgIpc) is 2.74. The van der Waals surface area contributed by atoms with Gasteiger partial charge in [0.2, 0.25) is 0 Å². The van der Waals surface area contributed by atoms with Gasteiger partial charge in [-0.15, -0.1) is 0 Å². The molecule has 7 heteroatoms. The van der Waals surface area contributed by atoms with Gasteiger partial charge in [-0.05, 0) is 43.1 Å².